The summed E-state index contributed by atoms with van der Waals surface area (Å²) in [6.07, 6.45) is 0. The van der Waals surface area contributed by atoms with Gasteiger partial charge in [0, 0.05) is 13.6 Å². The third-order valence-corrected chi connectivity index (χ3v) is 3.46. The van der Waals surface area contributed by atoms with Crippen molar-refractivity contribution in [2.45, 2.75) is 33.9 Å². The minimum atomic E-state index is -0.371. The fraction of sp³-hybridized carbons (Fsp3) is 0.412. The van der Waals surface area contributed by atoms with Gasteiger partial charge in [0.05, 0.1) is 18.8 Å². The van der Waals surface area contributed by atoms with Crippen LogP contribution in [0.15, 0.2) is 27.6 Å². The van der Waals surface area contributed by atoms with Crippen molar-refractivity contribution in [2.24, 2.45) is 4.99 Å². The molecule has 1 heterocycles. The number of guanidine groups is 1. The Morgan fingerprint density at radius 3 is 2.56 bits per heavy atom. The van der Waals surface area contributed by atoms with Crippen LogP contribution in [0.2, 0.25) is 0 Å². The molecule has 0 unspecified atom stereocenters. The smallest absolute Gasteiger partial charge is 0.214 e. The van der Waals surface area contributed by atoms with E-state index < -0.39 is 0 Å². The van der Waals surface area contributed by atoms with Gasteiger partial charge in [0.15, 0.2) is 17.5 Å². The topological polar surface area (TPSA) is 71.7 Å². The molecule has 0 fully saturated rings. The number of halogens is 2. The summed E-state index contributed by atoms with van der Waals surface area (Å²) in [6, 6.07) is 4.89. The van der Waals surface area contributed by atoms with E-state index in [1.807, 2.05) is 26.8 Å². The highest BCUT2D eigenvalue weighted by Crippen LogP contribution is 2.18. The number of oxazole rings is 1. The Kier molecular flexibility index (Phi) is 8.67. The highest BCUT2D eigenvalue weighted by Gasteiger charge is 2.07. The number of aliphatic imine (C=N–C) groups is 1. The molecular formula is C17H24FIN4O2. The molecule has 0 bridgehead atoms. The van der Waals surface area contributed by atoms with E-state index in [9.17, 15) is 4.39 Å². The number of rotatable bonds is 6. The average molecular weight is 462 g/mol. The first-order valence-electron chi connectivity index (χ1n) is 7.82. The van der Waals surface area contributed by atoms with Gasteiger partial charge in [-0.2, -0.15) is 0 Å². The lowest BCUT2D eigenvalue weighted by molar-refractivity contribution is 0.321. The van der Waals surface area contributed by atoms with Gasteiger partial charge >= 0.3 is 0 Å². The summed E-state index contributed by atoms with van der Waals surface area (Å²) in [7, 11) is 1.67. The Morgan fingerprint density at radius 1 is 1.28 bits per heavy atom. The van der Waals surface area contributed by atoms with Crippen LogP contribution in [0.5, 0.6) is 5.75 Å². The molecule has 0 amide bonds. The summed E-state index contributed by atoms with van der Waals surface area (Å²) >= 11 is 0. The van der Waals surface area contributed by atoms with Gasteiger partial charge in [0.25, 0.3) is 0 Å². The molecule has 0 aliphatic heterocycles. The molecule has 1 aromatic carbocycles. The molecule has 0 saturated heterocycles. The zero-order chi connectivity index (χ0) is 17.5. The number of hydrogen-bond donors (Lipinski definition) is 2. The molecule has 0 spiro atoms. The summed E-state index contributed by atoms with van der Waals surface area (Å²) < 4.78 is 24.5. The zero-order valence-corrected chi connectivity index (χ0v) is 17.2. The van der Waals surface area contributed by atoms with Crippen molar-refractivity contribution in [3.8, 4) is 5.75 Å². The van der Waals surface area contributed by atoms with E-state index in [2.05, 4.69) is 20.6 Å². The Labute approximate surface area is 164 Å². The minimum Gasteiger partial charge on any atom is -0.491 e. The maximum Gasteiger partial charge on any atom is 0.214 e. The third kappa shape index (κ3) is 6.18. The minimum absolute atomic E-state index is 0. The van der Waals surface area contributed by atoms with Crippen molar-refractivity contribution in [2.75, 3.05) is 13.7 Å². The second-order valence-electron chi connectivity index (χ2n) is 5.23. The predicted octanol–water partition coefficient (Wildman–Crippen LogP) is 3.31. The Bertz CT molecular complexity index is 699. The molecule has 2 rings (SSSR count). The van der Waals surface area contributed by atoms with Gasteiger partial charge in [-0.3, -0.25) is 4.99 Å². The number of nitrogens with one attached hydrogen (secondary N) is 2. The normalized spacial score (nSPS) is 11.0. The van der Waals surface area contributed by atoms with Crippen LogP contribution in [-0.2, 0) is 13.1 Å². The van der Waals surface area contributed by atoms with Gasteiger partial charge < -0.3 is 19.8 Å². The largest absolute Gasteiger partial charge is 0.491 e. The van der Waals surface area contributed by atoms with Gasteiger partial charge in [-0.25, -0.2) is 9.37 Å². The Morgan fingerprint density at radius 2 is 2.00 bits per heavy atom. The van der Waals surface area contributed by atoms with Gasteiger partial charge in [0.1, 0.15) is 5.76 Å². The lowest BCUT2D eigenvalue weighted by Crippen LogP contribution is -2.36. The van der Waals surface area contributed by atoms with E-state index in [1.54, 1.807) is 13.1 Å². The van der Waals surface area contributed by atoms with Crippen LogP contribution in [0.1, 0.15) is 29.8 Å². The number of aryl methyl sites for hydroxylation is 2. The van der Waals surface area contributed by atoms with Gasteiger partial charge in [-0.05, 0) is 38.5 Å². The van der Waals surface area contributed by atoms with Crippen molar-refractivity contribution in [3.63, 3.8) is 0 Å². The molecule has 0 aliphatic rings. The monoisotopic (exact) mass is 462 g/mol. The quantitative estimate of drug-likeness (QED) is 0.392. The molecular weight excluding hydrogens is 438 g/mol. The summed E-state index contributed by atoms with van der Waals surface area (Å²) in [6.45, 7) is 6.89. The van der Waals surface area contributed by atoms with E-state index in [0.717, 1.165) is 17.0 Å². The molecule has 2 N–H and O–H groups in total. The molecule has 8 heteroatoms. The summed E-state index contributed by atoms with van der Waals surface area (Å²) in [5, 5.41) is 6.23. The maximum absolute atomic E-state index is 13.8. The molecule has 0 atom stereocenters. The van der Waals surface area contributed by atoms with Gasteiger partial charge in [0.2, 0.25) is 5.89 Å². The Hall–Kier alpha value is -1.84. The molecule has 0 saturated carbocycles. The first kappa shape index (κ1) is 21.2. The summed E-state index contributed by atoms with van der Waals surface area (Å²) in [5.74, 6) is 1.88. The fourth-order valence-corrected chi connectivity index (χ4v) is 2.11. The lowest BCUT2D eigenvalue weighted by Gasteiger charge is -2.11. The van der Waals surface area contributed by atoms with Crippen molar-refractivity contribution < 1.29 is 13.5 Å². The molecule has 1 aromatic heterocycles. The third-order valence-electron chi connectivity index (χ3n) is 3.46. The van der Waals surface area contributed by atoms with E-state index in [4.69, 9.17) is 9.15 Å². The maximum atomic E-state index is 13.8. The lowest BCUT2D eigenvalue weighted by atomic mass is 10.2. The molecule has 2 aromatic rings. The van der Waals surface area contributed by atoms with Crippen molar-refractivity contribution in [1.29, 1.82) is 0 Å². The second kappa shape index (κ2) is 10.2. The number of nitrogens with zero attached hydrogens (tertiary/aromatic N) is 2. The van der Waals surface area contributed by atoms with Gasteiger partial charge in [-0.1, -0.05) is 6.07 Å². The Balaban J connectivity index is 0.00000312. The first-order valence-corrected chi connectivity index (χ1v) is 7.82. The standard InChI is InChI=1S/C17H23FN4O2.HI/c1-5-23-15-7-6-13(8-14(15)18)9-20-17(19-4)21-10-16-22-11(2)12(3)24-16;/h6-8H,5,9-10H2,1-4H3,(H2,19,20,21);1H. The highest BCUT2D eigenvalue weighted by molar-refractivity contribution is 14.0. The second-order valence-corrected chi connectivity index (χ2v) is 5.23. The van der Waals surface area contributed by atoms with E-state index in [0.29, 0.717) is 31.5 Å². The molecule has 6 nitrogen and oxygen atoms in total. The molecule has 0 aliphatic carbocycles. The van der Waals surface area contributed by atoms with Crippen LogP contribution in [0.4, 0.5) is 4.39 Å². The van der Waals surface area contributed by atoms with Crippen molar-refractivity contribution >= 4 is 29.9 Å². The van der Waals surface area contributed by atoms with E-state index >= 15 is 0 Å². The number of hydrogen-bond acceptors (Lipinski definition) is 4. The first-order chi connectivity index (χ1) is 11.5. The van der Waals surface area contributed by atoms with Crippen LogP contribution in [0.3, 0.4) is 0 Å². The molecule has 25 heavy (non-hydrogen) atoms. The SMILES string of the molecule is CCOc1ccc(CNC(=NC)NCc2nc(C)c(C)o2)cc1F.I. The predicted molar refractivity (Wildman–Crippen MR) is 106 cm³/mol. The van der Waals surface area contributed by atoms with Crippen LogP contribution < -0.4 is 15.4 Å². The fourth-order valence-electron chi connectivity index (χ4n) is 2.11. The van der Waals surface area contributed by atoms with Crippen LogP contribution >= 0.6 is 24.0 Å². The van der Waals surface area contributed by atoms with Crippen LogP contribution in [0.25, 0.3) is 0 Å². The van der Waals surface area contributed by atoms with Crippen molar-refractivity contribution in [3.05, 3.63) is 46.9 Å². The molecule has 0 radical (unpaired) electrons. The number of ether oxygens (including phenoxy) is 1. The number of aromatic nitrogens is 1. The van der Waals surface area contributed by atoms with Gasteiger partial charge in [-0.15, -0.1) is 24.0 Å². The average Bonchev–Trinajstić information content (AvgIpc) is 2.88. The van der Waals surface area contributed by atoms with Crippen LogP contribution in [0, 0.1) is 19.7 Å². The van der Waals surface area contributed by atoms with Crippen LogP contribution in [-0.4, -0.2) is 24.6 Å². The number of benzene rings is 1. The van der Waals surface area contributed by atoms with Crippen molar-refractivity contribution in [1.82, 2.24) is 15.6 Å². The zero-order valence-electron chi connectivity index (χ0n) is 14.9. The van der Waals surface area contributed by atoms with E-state index in [-0.39, 0.29) is 35.5 Å². The highest BCUT2D eigenvalue weighted by atomic mass is 127. The summed E-state index contributed by atoms with van der Waals surface area (Å²) in [4.78, 5) is 8.42. The van der Waals surface area contributed by atoms with E-state index in [1.165, 1.54) is 6.07 Å². The molecule has 138 valence electrons. The summed E-state index contributed by atoms with van der Waals surface area (Å²) in [5.41, 5.74) is 1.67.